The van der Waals surface area contributed by atoms with Crippen molar-refractivity contribution in [1.82, 2.24) is 14.8 Å². The lowest BCUT2D eigenvalue weighted by atomic mass is 10.0. The third kappa shape index (κ3) is 3.98. The van der Waals surface area contributed by atoms with Gasteiger partial charge in [0.25, 0.3) is 5.91 Å². The largest absolute Gasteiger partial charge is 0.433 e. The van der Waals surface area contributed by atoms with Crippen LogP contribution in [0.4, 0.5) is 14.5 Å². The molecule has 2 aromatic heterocycles. The molecule has 0 atom stereocenters. The van der Waals surface area contributed by atoms with Crippen molar-refractivity contribution in [3.05, 3.63) is 72.6 Å². The molecular weight excluding hydrogens is 390 g/mol. The van der Waals surface area contributed by atoms with Crippen LogP contribution in [0.15, 0.2) is 67.0 Å². The zero-order valence-electron chi connectivity index (χ0n) is 16.0. The fourth-order valence-corrected chi connectivity index (χ4v) is 3.14. The minimum Gasteiger partial charge on any atom is -0.433 e. The highest BCUT2D eigenvalue weighted by Crippen LogP contribution is 2.29. The van der Waals surface area contributed by atoms with Gasteiger partial charge in [0.15, 0.2) is 0 Å². The molecule has 0 saturated heterocycles. The van der Waals surface area contributed by atoms with Gasteiger partial charge in [-0.1, -0.05) is 30.3 Å². The number of hydrogen-bond donors (Lipinski definition) is 1. The van der Waals surface area contributed by atoms with E-state index in [1.807, 2.05) is 31.3 Å². The number of halogens is 2. The second kappa shape index (κ2) is 8.28. The maximum Gasteiger partial charge on any atom is 0.387 e. The normalized spacial score (nSPS) is 11.1. The standard InChI is InChI=1S/C22H18F2N4O2/c1-2-28-13-14(12-25-28)19-11-16(15-7-3-4-8-17(15)26-19)21(29)27-18-9-5-6-10-20(18)30-22(23)24/h3-13,22H,2H2,1H3,(H,27,29). The van der Waals surface area contributed by atoms with Gasteiger partial charge in [0, 0.05) is 23.7 Å². The van der Waals surface area contributed by atoms with Crippen molar-refractivity contribution in [2.24, 2.45) is 0 Å². The topological polar surface area (TPSA) is 69.0 Å². The summed E-state index contributed by atoms with van der Waals surface area (Å²) in [6.07, 6.45) is 3.54. The van der Waals surface area contributed by atoms with E-state index in [1.165, 1.54) is 12.1 Å². The molecule has 8 heteroatoms. The molecule has 0 saturated carbocycles. The number of ether oxygens (including phenoxy) is 1. The van der Waals surface area contributed by atoms with Crippen LogP contribution in [0, 0.1) is 0 Å². The van der Waals surface area contributed by atoms with Crippen LogP contribution in [-0.2, 0) is 6.54 Å². The number of nitrogens with one attached hydrogen (secondary N) is 1. The molecule has 4 aromatic rings. The second-order valence-electron chi connectivity index (χ2n) is 6.49. The molecule has 0 fully saturated rings. The van der Waals surface area contributed by atoms with Crippen molar-refractivity contribution >= 4 is 22.5 Å². The maximum atomic E-state index is 13.1. The number of carbonyl (C=O) groups is 1. The summed E-state index contributed by atoms with van der Waals surface area (Å²) in [5.74, 6) is -0.563. The number of benzene rings is 2. The van der Waals surface area contributed by atoms with E-state index < -0.39 is 12.5 Å². The van der Waals surface area contributed by atoms with Gasteiger partial charge >= 0.3 is 6.61 Å². The van der Waals surface area contributed by atoms with Crippen LogP contribution in [0.2, 0.25) is 0 Å². The molecule has 1 N–H and O–H groups in total. The Morgan fingerprint density at radius 3 is 2.70 bits per heavy atom. The Labute approximate surface area is 171 Å². The van der Waals surface area contributed by atoms with Crippen LogP contribution >= 0.6 is 0 Å². The molecule has 0 radical (unpaired) electrons. The summed E-state index contributed by atoms with van der Waals surface area (Å²) in [5.41, 5.74) is 2.53. The monoisotopic (exact) mass is 408 g/mol. The van der Waals surface area contributed by atoms with E-state index in [0.717, 1.165) is 5.56 Å². The molecule has 1 amide bonds. The Kier molecular flexibility index (Phi) is 5.38. The highest BCUT2D eigenvalue weighted by Gasteiger charge is 2.17. The van der Waals surface area contributed by atoms with E-state index in [0.29, 0.717) is 28.7 Å². The second-order valence-corrected chi connectivity index (χ2v) is 6.49. The number of alkyl halides is 2. The molecular formula is C22H18F2N4O2. The van der Waals surface area contributed by atoms with E-state index in [4.69, 9.17) is 0 Å². The van der Waals surface area contributed by atoms with E-state index in [1.54, 1.807) is 35.1 Å². The SMILES string of the molecule is CCn1cc(-c2cc(C(=O)Nc3ccccc3OC(F)F)c3ccccc3n2)cn1. The van der Waals surface area contributed by atoms with Crippen molar-refractivity contribution in [2.45, 2.75) is 20.1 Å². The molecule has 0 aliphatic rings. The smallest absolute Gasteiger partial charge is 0.387 e. The number of carbonyl (C=O) groups excluding carboxylic acids is 1. The lowest BCUT2D eigenvalue weighted by molar-refractivity contribution is -0.0493. The number of pyridine rings is 1. The van der Waals surface area contributed by atoms with E-state index >= 15 is 0 Å². The predicted octanol–water partition coefficient (Wildman–Crippen LogP) is 4.97. The first-order valence-electron chi connectivity index (χ1n) is 9.33. The van der Waals surface area contributed by atoms with Gasteiger partial charge in [-0.3, -0.25) is 9.48 Å². The van der Waals surface area contributed by atoms with Crippen molar-refractivity contribution in [3.63, 3.8) is 0 Å². The predicted molar refractivity (Wildman–Crippen MR) is 110 cm³/mol. The summed E-state index contributed by atoms with van der Waals surface area (Å²) in [7, 11) is 0. The minimum absolute atomic E-state index is 0.108. The third-order valence-corrected chi connectivity index (χ3v) is 4.57. The summed E-state index contributed by atoms with van der Waals surface area (Å²) in [6.45, 7) is -0.309. The molecule has 152 valence electrons. The number of anilines is 1. The number of para-hydroxylation sites is 3. The van der Waals surface area contributed by atoms with Gasteiger partial charge < -0.3 is 10.1 Å². The summed E-state index contributed by atoms with van der Waals surface area (Å²) in [4.78, 5) is 17.8. The number of rotatable bonds is 6. The van der Waals surface area contributed by atoms with Gasteiger partial charge in [0.1, 0.15) is 5.75 Å². The average Bonchev–Trinajstić information content (AvgIpc) is 3.23. The average molecular weight is 408 g/mol. The number of hydrogen-bond acceptors (Lipinski definition) is 4. The fourth-order valence-electron chi connectivity index (χ4n) is 3.14. The van der Waals surface area contributed by atoms with Gasteiger partial charge in [-0.2, -0.15) is 13.9 Å². The fraction of sp³-hybridized carbons (Fsp3) is 0.136. The van der Waals surface area contributed by atoms with Crippen molar-refractivity contribution < 1.29 is 18.3 Å². The summed E-state index contributed by atoms with van der Waals surface area (Å²) in [6, 6.07) is 15.0. The Hall–Kier alpha value is -3.81. The number of aryl methyl sites for hydroxylation is 1. The highest BCUT2D eigenvalue weighted by molar-refractivity contribution is 6.13. The lowest BCUT2D eigenvalue weighted by Gasteiger charge is -2.13. The molecule has 0 spiro atoms. The molecule has 0 bridgehead atoms. The van der Waals surface area contributed by atoms with E-state index in [2.05, 4.69) is 20.1 Å². The Balaban J connectivity index is 1.75. The van der Waals surface area contributed by atoms with Crippen LogP contribution in [0.25, 0.3) is 22.2 Å². The molecule has 30 heavy (non-hydrogen) atoms. The molecule has 2 heterocycles. The first-order valence-corrected chi connectivity index (χ1v) is 9.33. The molecule has 0 unspecified atom stereocenters. The number of nitrogens with zero attached hydrogens (tertiary/aromatic N) is 3. The van der Waals surface area contributed by atoms with Crippen LogP contribution in [0.3, 0.4) is 0 Å². The highest BCUT2D eigenvalue weighted by atomic mass is 19.3. The molecule has 4 rings (SSSR count). The van der Waals surface area contributed by atoms with E-state index in [-0.39, 0.29) is 11.4 Å². The molecule has 2 aromatic carbocycles. The number of fused-ring (bicyclic) bond motifs is 1. The Bertz CT molecular complexity index is 1210. The number of aromatic nitrogens is 3. The molecule has 0 aliphatic carbocycles. The van der Waals surface area contributed by atoms with Crippen LogP contribution in [-0.4, -0.2) is 27.3 Å². The zero-order valence-corrected chi connectivity index (χ0v) is 16.0. The van der Waals surface area contributed by atoms with Crippen molar-refractivity contribution in [2.75, 3.05) is 5.32 Å². The summed E-state index contributed by atoms with van der Waals surface area (Å²) >= 11 is 0. The zero-order chi connectivity index (χ0) is 21.1. The van der Waals surface area contributed by atoms with Gasteiger partial charge in [-0.25, -0.2) is 4.98 Å². The van der Waals surface area contributed by atoms with Gasteiger partial charge in [0.2, 0.25) is 0 Å². The molecule has 0 aliphatic heterocycles. The maximum absolute atomic E-state index is 13.1. The van der Waals surface area contributed by atoms with Crippen molar-refractivity contribution in [3.8, 4) is 17.0 Å². The summed E-state index contributed by atoms with van der Waals surface area (Å²) < 4.78 is 31.7. The quantitative estimate of drug-likeness (QED) is 0.489. The van der Waals surface area contributed by atoms with Crippen LogP contribution in [0.1, 0.15) is 17.3 Å². The summed E-state index contributed by atoms with van der Waals surface area (Å²) in [5, 5.41) is 7.58. The first kappa shape index (κ1) is 19.5. The number of amides is 1. The Morgan fingerprint density at radius 1 is 1.17 bits per heavy atom. The van der Waals surface area contributed by atoms with Gasteiger partial charge in [0.05, 0.1) is 28.7 Å². The lowest BCUT2D eigenvalue weighted by Crippen LogP contribution is -2.14. The third-order valence-electron chi connectivity index (χ3n) is 4.57. The molecule has 6 nitrogen and oxygen atoms in total. The van der Waals surface area contributed by atoms with Gasteiger partial charge in [-0.05, 0) is 31.2 Å². The first-order chi connectivity index (χ1) is 14.5. The van der Waals surface area contributed by atoms with E-state index in [9.17, 15) is 13.6 Å². The minimum atomic E-state index is -2.99. The van der Waals surface area contributed by atoms with Gasteiger partial charge in [-0.15, -0.1) is 0 Å². The Morgan fingerprint density at radius 2 is 1.93 bits per heavy atom. The van der Waals surface area contributed by atoms with Crippen LogP contribution in [0.5, 0.6) is 5.75 Å². The van der Waals surface area contributed by atoms with Crippen molar-refractivity contribution in [1.29, 1.82) is 0 Å². The van der Waals surface area contributed by atoms with Crippen LogP contribution < -0.4 is 10.1 Å².